The van der Waals surface area contributed by atoms with E-state index in [4.69, 9.17) is 4.42 Å². The van der Waals surface area contributed by atoms with Gasteiger partial charge in [-0.25, -0.2) is 13.2 Å². The molecule has 0 spiro atoms. The highest BCUT2D eigenvalue weighted by molar-refractivity contribution is 7.89. The molecule has 1 saturated heterocycles. The fourth-order valence-corrected chi connectivity index (χ4v) is 4.06. The van der Waals surface area contributed by atoms with Crippen molar-refractivity contribution in [2.45, 2.75) is 11.8 Å². The van der Waals surface area contributed by atoms with Gasteiger partial charge in [0, 0.05) is 44.6 Å². The van der Waals surface area contributed by atoms with E-state index in [0.717, 1.165) is 0 Å². The molecule has 1 amide bonds. The summed E-state index contributed by atoms with van der Waals surface area (Å²) in [5, 5.41) is 0.549. The van der Waals surface area contributed by atoms with Crippen LogP contribution in [0.4, 0.5) is 0 Å². The topological polar surface area (TPSA) is 87.9 Å². The van der Waals surface area contributed by atoms with Gasteiger partial charge in [-0.15, -0.1) is 0 Å². The Kier molecular flexibility index (Phi) is 3.95. The Hall–Kier alpha value is -2.19. The number of carbonyl (C=O) groups is 1. The van der Waals surface area contributed by atoms with E-state index >= 15 is 0 Å². The van der Waals surface area contributed by atoms with Gasteiger partial charge in [0.15, 0.2) is 0 Å². The number of hydrogen-bond donors (Lipinski definition) is 0. The van der Waals surface area contributed by atoms with Crippen molar-refractivity contribution in [3.8, 4) is 0 Å². The van der Waals surface area contributed by atoms with Crippen LogP contribution in [0.25, 0.3) is 11.0 Å². The normalized spacial score (nSPS) is 16.7. The van der Waals surface area contributed by atoms with Crippen LogP contribution in [-0.4, -0.2) is 49.7 Å². The second kappa shape index (κ2) is 5.78. The Labute approximate surface area is 133 Å². The maximum absolute atomic E-state index is 12.7. The lowest BCUT2D eigenvalue weighted by molar-refractivity contribution is -0.129. The molecular formula is C15H16N2O5S. The minimum Gasteiger partial charge on any atom is -0.423 e. The van der Waals surface area contributed by atoms with Gasteiger partial charge in [0.1, 0.15) is 5.58 Å². The van der Waals surface area contributed by atoms with Crippen LogP contribution in [0.1, 0.15) is 6.92 Å². The van der Waals surface area contributed by atoms with Gasteiger partial charge in [0.05, 0.1) is 4.90 Å². The third kappa shape index (κ3) is 2.99. The van der Waals surface area contributed by atoms with Crippen LogP contribution in [-0.2, 0) is 14.8 Å². The third-order valence-electron chi connectivity index (χ3n) is 3.91. The van der Waals surface area contributed by atoms with Crippen molar-refractivity contribution in [2.75, 3.05) is 26.2 Å². The maximum Gasteiger partial charge on any atom is 0.336 e. The van der Waals surface area contributed by atoms with Crippen molar-refractivity contribution < 1.29 is 17.6 Å². The monoisotopic (exact) mass is 336 g/mol. The van der Waals surface area contributed by atoms with Gasteiger partial charge in [0.25, 0.3) is 0 Å². The number of amides is 1. The fourth-order valence-electron chi connectivity index (χ4n) is 2.60. The summed E-state index contributed by atoms with van der Waals surface area (Å²) in [6.45, 7) is 2.78. The number of rotatable bonds is 2. The van der Waals surface area contributed by atoms with Crippen molar-refractivity contribution in [1.82, 2.24) is 9.21 Å². The highest BCUT2D eigenvalue weighted by Gasteiger charge is 2.29. The van der Waals surface area contributed by atoms with Crippen molar-refractivity contribution in [1.29, 1.82) is 0 Å². The molecular weight excluding hydrogens is 320 g/mol. The number of benzene rings is 1. The van der Waals surface area contributed by atoms with E-state index < -0.39 is 15.6 Å². The molecule has 1 aromatic carbocycles. The number of hydrogen-bond acceptors (Lipinski definition) is 5. The van der Waals surface area contributed by atoms with E-state index in [9.17, 15) is 18.0 Å². The maximum atomic E-state index is 12.7. The van der Waals surface area contributed by atoms with E-state index in [1.54, 1.807) is 4.90 Å². The van der Waals surface area contributed by atoms with Crippen molar-refractivity contribution >= 4 is 26.9 Å². The third-order valence-corrected chi connectivity index (χ3v) is 5.81. The molecule has 7 nitrogen and oxygen atoms in total. The molecule has 0 saturated carbocycles. The lowest BCUT2D eigenvalue weighted by atomic mass is 10.2. The van der Waals surface area contributed by atoms with Crippen LogP contribution in [0.15, 0.2) is 44.4 Å². The van der Waals surface area contributed by atoms with Gasteiger partial charge in [0.2, 0.25) is 15.9 Å². The first-order chi connectivity index (χ1) is 10.9. The molecule has 2 heterocycles. The Morgan fingerprint density at radius 2 is 1.78 bits per heavy atom. The molecule has 122 valence electrons. The standard InChI is InChI=1S/C15H16N2O5S/c1-11(18)16-6-8-17(9-7-16)23(20,21)13-3-4-14-12(10-13)2-5-15(19)22-14/h2-5,10H,6-9H2,1H3. The molecule has 23 heavy (non-hydrogen) atoms. The Balaban J connectivity index is 1.89. The molecule has 0 unspecified atom stereocenters. The predicted octanol–water partition coefficient (Wildman–Crippen LogP) is 0.646. The van der Waals surface area contributed by atoms with Crippen LogP contribution in [0, 0.1) is 0 Å². The Bertz CT molecular complexity index is 911. The van der Waals surface area contributed by atoms with Gasteiger partial charge in [-0.3, -0.25) is 4.79 Å². The summed E-state index contributed by atoms with van der Waals surface area (Å²) in [6, 6.07) is 7.19. The minimum absolute atomic E-state index is 0.0530. The van der Waals surface area contributed by atoms with Gasteiger partial charge in [-0.1, -0.05) is 0 Å². The van der Waals surface area contributed by atoms with Crippen molar-refractivity contribution in [3.05, 3.63) is 40.8 Å². The molecule has 0 radical (unpaired) electrons. The smallest absolute Gasteiger partial charge is 0.336 e. The lowest BCUT2D eigenvalue weighted by Gasteiger charge is -2.33. The fraction of sp³-hybridized carbons (Fsp3) is 0.333. The van der Waals surface area contributed by atoms with Crippen molar-refractivity contribution in [3.63, 3.8) is 0 Å². The molecule has 1 aliphatic heterocycles. The number of sulfonamides is 1. The van der Waals surface area contributed by atoms with Gasteiger partial charge < -0.3 is 9.32 Å². The largest absolute Gasteiger partial charge is 0.423 e. The zero-order valence-corrected chi connectivity index (χ0v) is 13.4. The zero-order chi connectivity index (χ0) is 16.6. The molecule has 1 aliphatic rings. The van der Waals surface area contributed by atoms with Crippen molar-refractivity contribution in [2.24, 2.45) is 0 Å². The van der Waals surface area contributed by atoms with E-state index in [1.807, 2.05) is 0 Å². The summed E-state index contributed by atoms with van der Waals surface area (Å²) in [5.41, 5.74) is -0.133. The molecule has 2 aromatic rings. The summed E-state index contributed by atoms with van der Waals surface area (Å²) >= 11 is 0. The van der Waals surface area contributed by atoms with Crippen LogP contribution in [0.3, 0.4) is 0 Å². The molecule has 8 heteroatoms. The molecule has 0 atom stereocenters. The number of fused-ring (bicyclic) bond motifs is 1. The highest BCUT2D eigenvalue weighted by Crippen LogP contribution is 2.22. The summed E-state index contributed by atoms with van der Waals surface area (Å²) in [6.07, 6.45) is 0. The van der Waals surface area contributed by atoms with Crippen LogP contribution in [0.2, 0.25) is 0 Å². The van der Waals surface area contributed by atoms with Crippen LogP contribution < -0.4 is 5.63 Å². The van der Waals surface area contributed by atoms with E-state index in [1.165, 1.54) is 41.6 Å². The second-order valence-electron chi connectivity index (χ2n) is 5.36. The van der Waals surface area contributed by atoms with Gasteiger partial charge in [-0.2, -0.15) is 4.31 Å². The van der Waals surface area contributed by atoms with E-state index in [0.29, 0.717) is 24.1 Å². The quantitative estimate of drug-likeness (QED) is 0.751. The van der Waals surface area contributed by atoms with Crippen LogP contribution >= 0.6 is 0 Å². The predicted molar refractivity (Wildman–Crippen MR) is 83.5 cm³/mol. The summed E-state index contributed by atoms with van der Waals surface area (Å²) < 4.78 is 31.8. The first-order valence-electron chi connectivity index (χ1n) is 7.17. The van der Waals surface area contributed by atoms with Crippen LogP contribution in [0.5, 0.6) is 0 Å². The molecule has 3 rings (SSSR count). The highest BCUT2D eigenvalue weighted by atomic mass is 32.2. The number of carbonyl (C=O) groups excluding carboxylic acids is 1. The van der Waals surface area contributed by atoms with Gasteiger partial charge in [-0.05, 0) is 24.3 Å². The Morgan fingerprint density at radius 1 is 1.09 bits per heavy atom. The molecule has 0 aliphatic carbocycles. The molecule has 1 aromatic heterocycles. The summed E-state index contributed by atoms with van der Waals surface area (Å²) in [4.78, 5) is 24.3. The summed E-state index contributed by atoms with van der Waals surface area (Å²) in [7, 11) is -3.64. The molecule has 1 fully saturated rings. The molecule has 0 N–H and O–H groups in total. The average molecular weight is 336 g/mol. The first-order valence-corrected chi connectivity index (χ1v) is 8.61. The zero-order valence-electron chi connectivity index (χ0n) is 12.6. The number of nitrogens with zero attached hydrogens (tertiary/aromatic N) is 2. The lowest BCUT2D eigenvalue weighted by Crippen LogP contribution is -2.49. The van der Waals surface area contributed by atoms with Gasteiger partial charge >= 0.3 is 5.63 Å². The van der Waals surface area contributed by atoms with E-state index in [-0.39, 0.29) is 23.9 Å². The minimum atomic E-state index is -3.64. The molecule has 0 bridgehead atoms. The average Bonchev–Trinajstić information content (AvgIpc) is 2.54. The summed E-state index contributed by atoms with van der Waals surface area (Å²) in [5.74, 6) is -0.0530. The van der Waals surface area contributed by atoms with E-state index in [2.05, 4.69) is 0 Å². The number of piperazine rings is 1. The second-order valence-corrected chi connectivity index (χ2v) is 7.30. The first kappa shape index (κ1) is 15.7. The Morgan fingerprint density at radius 3 is 2.43 bits per heavy atom. The SMILES string of the molecule is CC(=O)N1CCN(S(=O)(=O)c2ccc3oc(=O)ccc3c2)CC1.